The molecule has 0 aliphatic rings. The van der Waals surface area contributed by atoms with Crippen LogP contribution in [0.3, 0.4) is 0 Å². The van der Waals surface area contributed by atoms with Crippen LogP contribution in [0.1, 0.15) is 5.56 Å². The van der Waals surface area contributed by atoms with E-state index in [4.69, 9.17) is 9.97 Å². The molecule has 0 unspecified atom stereocenters. The van der Waals surface area contributed by atoms with Crippen LogP contribution in [0.5, 0.6) is 0 Å². The maximum Gasteiger partial charge on any atom is 0.163 e. The molecule has 0 saturated heterocycles. The number of anilines is 1. The molecule has 5 heteroatoms. The summed E-state index contributed by atoms with van der Waals surface area (Å²) in [6.07, 6.45) is 3.50. The van der Waals surface area contributed by atoms with Gasteiger partial charge in [0.15, 0.2) is 5.82 Å². The van der Waals surface area contributed by atoms with Crippen LogP contribution in [0.25, 0.3) is 33.4 Å². The molecule has 0 saturated carbocycles. The third-order valence-corrected chi connectivity index (χ3v) is 4.49. The smallest absolute Gasteiger partial charge is 0.163 e. The highest BCUT2D eigenvalue weighted by atomic mass is 19.1. The molecule has 4 rings (SSSR count). The number of halogens is 1. The maximum absolute atomic E-state index is 13.3. The second-order valence-electron chi connectivity index (χ2n) is 6.70. The van der Waals surface area contributed by atoms with Gasteiger partial charge in [0.05, 0.1) is 5.52 Å². The highest BCUT2D eigenvalue weighted by molar-refractivity contribution is 5.96. The average Bonchev–Trinajstić information content (AvgIpc) is 2.68. The number of hydrogen-bond acceptors (Lipinski definition) is 4. The number of hydrogen-bond donors (Lipinski definition) is 0. The van der Waals surface area contributed by atoms with E-state index in [9.17, 15) is 4.39 Å². The summed E-state index contributed by atoms with van der Waals surface area (Å²) in [5, 5.41) is 0.965. The second-order valence-corrected chi connectivity index (χ2v) is 6.70. The van der Waals surface area contributed by atoms with E-state index in [2.05, 4.69) is 17.1 Å². The van der Waals surface area contributed by atoms with Crippen LogP contribution in [0.15, 0.2) is 60.9 Å². The Balaban J connectivity index is 1.96. The molecule has 0 fully saturated rings. The van der Waals surface area contributed by atoms with E-state index < -0.39 is 0 Å². The van der Waals surface area contributed by atoms with Crippen molar-refractivity contribution < 1.29 is 4.39 Å². The van der Waals surface area contributed by atoms with Crippen LogP contribution in [0.2, 0.25) is 0 Å². The quantitative estimate of drug-likeness (QED) is 0.524. The molecule has 2 aromatic carbocycles. The van der Waals surface area contributed by atoms with E-state index in [0.717, 1.165) is 39.0 Å². The summed E-state index contributed by atoms with van der Waals surface area (Å²) in [5.41, 5.74) is 4.80. The van der Waals surface area contributed by atoms with Crippen molar-refractivity contribution in [3.63, 3.8) is 0 Å². The van der Waals surface area contributed by atoms with E-state index in [0.29, 0.717) is 5.82 Å². The zero-order valence-electron chi connectivity index (χ0n) is 15.4. The van der Waals surface area contributed by atoms with E-state index in [-0.39, 0.29) is 5.82 Å². The number of pyridine rings is 1. The second kappa shape index (κ2) is 6.76. The number of benzene rings is 2. The Bertz CT molecular complexity index is 1110. The summed E-state index contributed by atoms with van der Waals surface area (Å²) in [7, 11) is 3.93. The minimum absolute atomic E-state index is 0.241. The summed E-state index contributed by atoms with van der Waals surface area (Å²) in [6, 6.07) is 14.5. The Morgan fingerprint density at radius 1 is 0.889 bits per heavy atom. The standard InChI is InChI=1S/C22H19FN4/c1-14-11-17(15-6-8-18(23)9-7-15)12-19-20(14)25-21(26-22(19)27(2)3)16-5-4-10-24-13-16/h4-13H,1-3H3. The largest absolute Gasteiger partial charge is 0.362 e. The third kappa shape index (κ3) is 3.24. The summed E-state index contributed by atoms with van der Waals surface area (Å²) in [6.45, 7) is 2.04. The first-order valence-electron chi connectivity index (χ1n) is 8.69. The minimum atomic E-state index is -0.241. The van der Waals surface area contributed by atoms with Crippen molar-refractivity contribution in [2.75, 3.05) is 19.0 Å². The number of rotatable bonds is 3. The summed E-state index contributed by atoms with van der Waals surface area (Å²) in [5.74, 6) is 1.25. The average molecular weight is 358 g/mol. The van der Waals surface area contributed by atoms with Crippen LogP contribution in [-0.2, 0) is 0 Å². The summed E-state index contributed by atoms with van der Waals surface area (Å²) in [4.78, 5) is 15.7. The Hall–Kier alpha value is -3.34. The predicted molar refractivity (Wildman–Crippen MR) is 107 cm³/mol. The topological polar surface area (TPSA) is 41.9 Å². The Kier molecular flexibility index (Phi) is 4.28. The molecule has 0 amide bonds. The number of aryl methyl sites for hydroxylation is 1. The number of nitrogens with zero attached hydrogens (tertiary/aromatic N) is 4. The third-order valence-electron chi connectivity index (χ3n) is 4.49. The highest BCUT2D eigenvalue weighted by Gasteiger charge is 2.14. The zero-order chi connectivity index (χ0) is 19.0. The molecule has 27 heavy (non-hydrogen) atoms. The minimum Gasteiger partial charge on any atom is -0.362 e. The van der Waals surface area contributed by atoms with E-state index in [1.807, 2.05) is 38.1 Å². The number of fused-ring (bicyclic) bond motifs is 1. The molecule has 0 bridgehead atoms. The van der Waals surface area contributed by atoms with Gasteiger partial charge < -0.3 is 4.90 Å². The molecule has 0 N–H and O–H groups in total. The predicted octanol–water partition coefficient (Wildman–Crippen LogP) is 4.87. The first kappa shape index (κ1) is 17.1. The molecule has 4 nitrogen and oxygen atoms in total. The normalized spacial score (nSPS) is 11.0. The first-order chi connectivity index (χ1) is 13.0. The van der Waals surface area contributed by atoms with Gasteiger partial charge in [0.2, 0.25) is 0 Å². The molecular weight excluding hydrogens is 339 g/mol. The molecular formula is C22H19FN4. The van der Waals surface area contributed by atoms with Crippen molar-refractivity contribution in [2.24, 2.45) is 0 Å². The van der Waals surface area contributed by atoms with Gasteiger partial charge in [-0.3, -0.25) is 4.98 Å². The van der Waals surface area contributed by atoms with Crippen LogP contribution in [-0.4, -0.2) is 29.0 Å². The van der Waals surface area contributed by atoms with Gasteiger partial charge in [0.25, 0.3) is 0 Å². The SMILES string of the molecule is Cc1cc(-c2ccc(F)cc2)cc2c(N(C)C)nc(-c3cccnc3)nc12. The summed E-state index contributed by atoms with van der Waals surface area (Å²) >= 11 is 0. The Morgan fingerprint density at radius 3 is 2.33 bits per heavy atom. The molecule has 0 aliphatic carbocycles. The molecule has 0 aliphatic heterocycles. The molecule has 0 radical (unpaired) electrons. The Morgan fingerprint density at radius 2 is 1.67 bits per heavy atom. The van der Waals surface area contributed by atoms with Gasteiger partial charge in [-0.15, -0.1) is 0 Å². The van der Waals surface area contributed by atoms with Crippen molar-refractivity contribution in [2.45, 2.75) is 6.92 Å². The van der Waals surface area contributed by atoms with Gasteiger partial charge in [-0.2, -0.15) is 0 Å². The van der Waals surface area contributed by atoms with Gasteiger partial charge in [0, 0.05) is 37.4 Å². The fraction of sp³-hybridized carbons (Fsp3) is 0.136. The van der Waals surface area contributed by atoms with Crippen LogP contribution < -0.4 is 4.90 Å². The molecule has 2 heterocycles. The lowest BCUT2D eigenvalue weighted by atomic mass is 10.00. The van der Waals surface area contributed by atoms with Crippen LogP contribution in [0, 0.1) is 12.7 Å². The van der Waals surface area contributed by atoms with Gasteiger partial charge in [-0.25, -0.2) is 14.4 Å². The van der Waals surface area contributed by atoms with Gasteiger partial charge >= 0.3 is 0 Å². The fourth-order valence-corrected chi connectivity index (χ4v) is 3.16. The first-order valence-corrected chi connectivity index (χ1v) is 8.69. The summed E-state index contributed by atoms with van der Waals surface area (Å²) < 4.78 is 13.3. The fourth-order valence-electron chi connectivity index (χ4n) is 3.16. The molecule has 134 valence electrons. The lowest BCUT2D eigenvalue weighted by Crippen LogP contribution is -2.12. The van der Waals surface area contributed by atoms with Gasteiger partial charge in [-0.05, 0) is 60.0 Å². The van der Waals surface area contributed by atoms with E-state index in [1.54, 1.807) is 24.5 Å². The molecule has 2 aromatic heterocycles. The van der Waals surface area contributed by atoms with Gasteiger partial charge in [-0.1, -0.05) is 12.1 Å². The van der Waals surface area contributed by atoms with E-state index in [1.165, 1.54) is 12.1 Å². The lowest BCUT2D eigenvalue weighted by molar-refractivity contribution is 0.628. The van der Waals surface area contributed by atoms with Crippen molar-refractivity contribution in [1.82, 2.24) is 15.0 Å². The molecule has 0 atom stereocenters. The van der Waals surface area contributed by atoms with E-state index >= 15 is 0 Å². The molecule has 4 aromatic rings. The van der Waals surface area contributed by atoms with Crippen LogP contribution in [0.4, 0.5) is 10.2 Å². The highest BCUT2D eigenvalue weighted by Crippen LogP contribution is 2.32. The van der Waals surface area contributed by atoms with Crippen molar-refractivity contribution in [3.05, 3.63) is 72.3 Å². The van der Waals surface area contributed by atoms with Gasteiger partial charge in [0.1, 0.15) is 11.6 Å². The van der Waals surface area contributed by atoms with Crippen molar-refractivity contribution in [3.8, 4) is 22.5 Å². The van der Waals surface area contributed by atoms with Crippen LogP contribution >= 0.6 is 0 Å². The zero-order valence-corrected chi connectivity index (χ0v) is 15.4. The monoisotopic (exact) mass is 358 g/mol. The Labute approximate surface area is 157 Å². The number of aromatic nitrogens is 3. The maximum atomic E-state index is 13.3. The van der Waals surface area contributed by atoms with Crippen molar-refractivity contribution >= 4 is 16.7 Å². The van der Waals surface area contributed by atoms with Crippen molar-refractivity contribution in [1.29, 1.82) is 0 Å². The molecule has 0 spiro atoms. The lowest BCUT2D eigenvalue weighted by Gasteiger charge is -2.17.